The van der Waals surface area contributed by atoms with Crippen LogP contribution in [0.3, 0.4) is 0 Å². The highest BCUT2D eigenvalue weighted by Gasteiger charge is 2.30. The average molecular weight is 418 g/mol. The van der Waals surface area contributed by atoms with Gasteiger partial charge in [-0.1, -0.05) is 12.1 Å². The number of nitrogens with zero attached hydrogens (tertiary/aromatic N) is 3. The second-order valence-electron chi connectivity index (χ2n) is 6.71. The number of pyridine rings is 1. The lowest BCUT2D eigenvalue weighted by molar-refractivity contribution is -0.137. The van der Waals surface area contributed by atoms with Crippen molar-refractivity contribution in [2.45, 2.75) is 25.7 Å². The van der Waals surface area contributed by atoms with Gasteiger partial charge in [-0.05, 0) is 36.8 Å². The van der Waals surface area contributed by atoms with Crippen LogP contribution in [0.5, 0.6) is 0 Å². The lowest BCUT2D eigenvalue weighted by Gasteiger charge is -2.15. The number of alkyl halides is 3. The number of benzene rings is 1. The lowest BCUT2D eigenvalue weighted by atomic mass is 10.1. The molecule has 1 atom stereocenters. The van der Waals surface area contributed by atoms with E-state index >= 15 is 0 Å². The molecule has 30 heavy (non-hydrogen) atoms. The van der Waals surface area contributed by atoms with E-state index in [-0.39, 0.29) is 6.04 Å². The van der Waals surface area contributed by atoms with Gasteiger partial charge in [0, 0.05) is 31.5 Å². The predicted molar refractivity (Wildman–Crippen MR) is 105 cm³/mol. The maximum Gasteiger partial charge on any atom is 0.416 e. The van der Waals surface area contributed by atoms with Crippen LogP contribution in [0.25, 0.3) is 11.4 Å². The summed E-state index contributed by atoms with van der Waals surface area (Å²) >= 11 is 0. The Morgan fingerprint density at radius 1 is 1.17 bits per heavy atom. The van der Waals surface area contributed by atoms with Crippen LogP contribution < -0.4 is 5.32 Å². The average Bonchev–Trinajstić information content (AvgIpc) is 3.21. The molecule has 0 aliphatic carbocycles. The number of esters is 1. The number of methoxy groups -OCH3 is 1. The number of carbonyl (C=O) groups excluding carboxylic acids is 1. The highest BCUT2D eigenvalue weighted by Crippen LogP contribution is 2.29. The molecule has 0 saturated heterocycles. The first-order valence-electron chi connectivity index (χ1n) is 9.25. The van der Waals surface area contributed by atoms with Gasteiger partial charge in [-0.25, -0.2) is 9.78 Å². The van der Waals surface area contributed by atoms with Crippen molar-refractivity contribution in [1.29, 1.82) is 0 Å². The molecule has 9 heteroatoms. The van der Waals surface area contributed by atoms with Crippen molar-refractivity contribution in [3.8, 4) is 11.4 Å². The molecule has 158 valence electrons. The Morgan fingerprint density at radius 2 is 1.90 bits per heavy atom. The fraction of sp³-hybridized carbons (Fsp3) is 0.286. The summed E-state index contributed by atoms with van der Waals surface area (Å²) in [6.07, 6.45) is 0.660. The first-order valence-corrected chi connectivity index (χ1v) is 9.25. The third kappa shape index (κ3) is 5.24. The van der Waals surface area contributed by atoms with Crippen molar-refractivity contribution in [3.05, 3.63) is 71.8 Å². The van der Waals surface area contributed by atoms with Crippen molar-refractivity contribution in [2.24, 2.45) is 0 Å². The van der Waals surface area contributed by atoms with E-state index in [4.69, 9.17) is 4.74 Å². The summed E-state index contributed by atoms with van der Waals surface area (Å²) in [5, 5.41) is 3.28. The molecule has 0 saturated carbocycles. The zero-order valence-electron chi connectivity index (χ0n) is 16.5. The van der Waals surface area contributed by atoms with E-state index in [0.29, 0.717) is 30.0 Å². The quantitative estimate of drug-likeness (QED) is 0.585. The SMILES string of the molecule is COC(=O)c1ccnc(-c2cn(CCNC(C)c3ccc(C(F)(F)F)cc3)cn2)c1. The van der Waals surface area contributed by atoms with Gasteiger partial charge in [0.1, 0.15) is 5.69 Å². The summed E-state index contributed by atoms with van der Waals surface area (Å²) in [6, 6.07) is 8.22. The molecule has 0 amide bonds. The van der Waals surface area contributed by atoms with Crippen molar-refractivity contribution in [3.63, 3.8) is 0 Å². The van der Waals surface area contributed by atoms with Crippen LogP contribution in [0, 0.1) is 0 Å². The van der Waals surface area contributed by atoms with Gasteiger partial charge in [0.15, 0.2) is 0 Å². The summed E-state index contributed by atoms with van der Waals surface area (Å²) in [4.78, 5) is 20.2. The van der Waals surface area contributed by atoms with Crippen molar-refractivity contribution >= 4 is 5.97 Å². The Labute approximate surface area is 171 Å². The molecule has 2 aromatic heterocycles. The molecule has 0 bridgehead atoms. The fourth-order valence-corrected chi connectivity index (χ4v) is 2.92. The molecule has 3 aromatic rings. The first kappa shape index (κ1) is 21.5. The zero-order chi connectivity index (χ0) is 21.7. The Balaban J connectivity index is 1.56. The maximum atomic E-state index is 12.7. The van der Waals surface area contributed by atoms with Gasteiger partial charge >= 0.3 is 12.1 Å². The third-order valence-electron chi connectivity index (χ3n) is 4.64. The number of imidazole rings is 1. The van der Waals surface area contributed by atoms with Crippen molar-refractivity contribution in [1.82, 2.24) is 19.9 Å². The molecular weight excluding hydrogens is 397 g/mol. The predicted octanol–water partition coefficient (Wildman–Crippen LogP) is 4.10. The van der Waals surface area contributed by atoms with Crippen molar-refractivity contribution in [2.75, 3.05) is 13.7 Å². The maximum absolute atomic E-state index is 12.7. The second-order valence-corrected chi connectivity index (χ2v) is 6.71. The molecule has 0 fully saturated rings. The number of rotatable bonds is 7. The van der Waals surface area contributed by atoms with Crippen molar-refractivity contribution < 1.29 is 22.7 Å². The zero-order valence-corrected chi connectivity index (χ0v) is 16.5. The molecule has 1 unspecified atom stereocenters. The van der Waals surface area contributed by atoms with Gasteiger partial charge in [-0.15, -0.1) is 0 Å². The molecular formula is C21H21F3N4O2. The van der Waals surface area contributed by atoms with E-state index in [1.807, 2.05) is 17.7 Å². The standard InChI is InChI=1S/C21H21F3N4O2/c1-14(15-3-5-17(6-4-15)21(22,23)24)25-9-10-28-12-19(27-13-28)18-11-16(7-8-26-18)20(29)30-2/h3-8,11-14,25H,9-10H2,1-2H3. The summed E-state index contributed by atoms with van der Waals surface area (Å²) in [5.74, 6) is -0.445. The summed E-state index contributed by atoms with van der Waals surface area (Å²) in [6.45, 7) is 3.09. The molecule has 0 spiro atoms. The normalized spacial score (nSPS) is 12.6. The van der Waals surface area contributed by atoms with E-state index in [0.717, 1.165) is 17.7 Å². The number of halogens is 3. The van der Waals surface area contributed by atoms with E-state index in [9.17, 15) is 18.0 Å². The smallest absolute Gasteiger partial charge is 0.416 e. The molecule has 0 aliphatic heterocycles. The minimum absolute atomic E-state index is 0.103. The largest absolute Gasteiger partial charge is 0.465 e. The van der Waals surface area contributed by atoms with Gasteiger partial charge in [0.05, 0.1) is 30.3 Å². The molecule has 1 aromatic carbocycles. The number of carbonyl (C=O) groups is 1. The lowest BCUT2D eigenvalue weighted by Crippen LogP contribution is -2.23. The minimum atomic E-state index is -4.33. The number of aromatic nitrogens is 3. The van der Waals surface area contributed by atoms with E-state index in [1.165, 1.54) is 25.4 Å². The number of ether oxygens (including phenoxy) is 1. The molecule has 1 N–H and O–H groups in total. The van der Waals surface area contributed by atoms with Crippen LogP contribution in [0.15, 0.2) is 55.1 Å². The van der Waals surface area contributed by atoms with E-state index in [1.54, 1.807) is 18.5 Å². The minimum Gasteiger partial charge on any atom is -0.465 e. The van der Waals surface area contributed by atoms with Gasteiger partial charge in [0.25, 0.3) is 0 Å². The van der Waals surface area contributed by atoms with Crippen LogP contribution in [-0.4, -0.2) is 34.2 Å². The van der Waals surface area contributed by atoms with Gasteiger partial charge in [-0.2, -0.15) is 13.2 Å². The van der Waals surface area contributed by atoms with Crippen LogP contribution >= 0.6 is 0 Å². The molecule has 0 radical (unpaired) electrons. The van der Waals surface area contributed by atoms with Crippen LogP contribution in [-0.2, 0) is 17.5 Å². The highest BCUT2D eigenvalue weighted by molar-refractivity contribution is 5.90. The molecule has 0 aliphatic rings. The Kier molecular flexibility index (Phi) is 6.51. The van der Waals surface area contributed by atoms with Crippen LogP contribution in [0.2, 0.25) is 0 Å². The number of hydrogen-bond donors (Lipinski definition) is 1. The van der Waals surface area contributed by atoms with Gasteiger partial charge < -0.3 is 14.6 Å². The van der Waals surface area contributed by atoms with Crippen LogP contribution in [0.4, 0.5) is 13.2 Å². The summed E-state index contributed by atoms with van der Waals surface area (Å²) in [5.41, 5.74) is 1.69. The molecule has 2 heterocycles. The summed E-state index contributed by atoms with van der Waals surface area (Å²) < 4.78 is 44.6. The molecule has 3 rings (SSSR count). The second kappa shape index (κ2) is 9.08. The van der Waals surface area contributed by atoms with Crippen LogP contribution in [0.1, 0.15) is 34.5 Å². The Morgan fingerprint density at radius 3 is 2.57 bits per heavy atom. The van der Waals surface area contributed by atoms with E-state index < -0.39 is 17.7 Å². The third-order valence-corrected chi connectivity index (χ3v) is 4.64. The van der Waals surface area contributed by atoms with E-state index in [2.05, 4.69) is 15.3 Å². The first-order chi connectivity index (χ1) is 14.3. The number of hydrogen-bond acceptors (Lipinski definition) is 5. The Bertz CT molecular complexity index is 1000. The molecule has 6 nitrogen and oxygen atoms in total. The fourth-order valence-electron chi connectivity index (χ4n) is 2.92. The summed E-state index contributed by atoms with van der Waals surface area (Å²) in [7, 11) is 1.32. The topological polar surface area (TPSA) is 69.0 Å². The van der Waals surface area contributed by atoms with Gasteiger partial charge in [-0.3, -0.25) is 4.98 Å². The monoisotopic (exact) mass is 418 g/mol. The van der Waals surface area contributed by atoms with Gasteiger partial charge in [0.2, 0.25) is 0 Å². The Hall–Kier alpha value is -3.20. The highest BCUT2D eigenvalue weighted by atomic mass is 19.4. The number of nitrogens with one attached hydrogen (secondary N) is 1.